The number of anilines is 1. The van der Waals surface area contributed by atoms with Crippen molar-refractivity contribution in [3.8, 4) is 0 Å². The van der Waals surface area contributed by atoms with Gasteiger partial charge < -0.3 is 20.4 Å². The highest BCUT2D eigenvalue weighted by Gasteiger charge is 2.48. The smallest absolute Gasteiger partial charge is 0.317 e. The summed E-state index contributed by atoms with van der Waals surface area (Å²) in [7, 11) is 0. The molecule has 6 nitrogen and oxygen atoms in total. The van der Waals surface area contributed by atoms with Gasteiger partial charge in [-0.2, -0.15) is 0 Å². The van der Waals surface area contributed by atoms with Gasteiger partial charge in [0.2, 0.25) is 5.91 Å². The second kappa shape index (κ2) is 10.2. The fraction of sp³-hybridized carbons (Fsp3) is 0.533. The summed E-state index contributed by atoms with van der Waals surface area (Å²) in [5.74, 6) is 0.425. The number of carbonyl (C=O) groups excluding carboxylic acids is 2. The number of hydrogen-bond donors (Lipinski definition) is 2. The zero-order valence-corrected chi connectivity index (χ0v) is 21.1. The van der Waals surface area contributed by atoms with E-state index in [1.165, 1.54) is 17.5 Å². The summed E-state index contributed by atoms with van der Waals surface area (Å²) < 4.78 is 0. The van der Waals surface area contributed by atoms with Crippen molar-refractivity contribution in [1.82, 2.24) is 15.1 Å². The van der Waals surface area contributed by atoms with Crippen LogP contribution in [-0.2, 0) is 4.79 Å². The molecule has 0 unspecified atom stereocenters. The van der Waals surface area contributed by atoms with Gasteiger partial charge in [-0.15, -0.1) is 0 Å². The van der Waals surface area contributed by atoms with Crippen LogP contribution in [0.25, 0.3) is 0 Å². The first-order valence-corrected chi connectivity index (χ1v) is 14.0. The minimum absolute atomic E-state index is 0.0232. The average molecular weight is 487 g/mol. The van der Waals surface area contributed by atoms with E-state index in [1.807, 2.05) is 4.90 Å². The van der Waals surface area contributed by atoms with Gasteiger partial charge in [0.15, 0.2) is 0 Å². The third kappa shape index (κ3) is 4.35. The lowest BCUT2D eigenvalue weighted by Crippen LogP contribution is -2.53. The molecule has 36 heavy (non-hydrogen) atoms. The highest BCUT2D eigenvalue weighted by atomic mass is 16.2. The predicted octanol–water partition coefficient (Wildman–Crippen LogP) is 5.50. The van der Waals surface area contributed by atoms with Gasteiger partial charge in [-0.3, -0.25) is 4.79 Å². The van der Waals surface area contributed by atoms with E-state index >= 15 is 0 Å². The van der Waals surface area contributed by atoms with Crippen LogP contribution in [0.5, 0.6) is 0 Å². The number of likely N-dealkylation sites (tertiary alicyclic amines) is 2. The van der Waals surface area contributed by atoms with Crippen molar-refractivity contribution in [3.63, 3.8) is 0 Å². The topological polar surface area (TPSA) is 64.7 Å². The molecule has 2 aromatic carbocycles. The average Bonchev–Trinajstić information content (AvgIpc) is 3.39. The predicted molar refractivity (Wildman–Crippen MR) is 142 cm³/mol. The van der Waals surface area contributed by atoms with E-state index in [2.05, 4.69) is 70.1 Å². The number of nitrogens with one attached hydrogen (secondary N) is 2. The van der Waals surface area contributed by atoms with Crippen LogP contribution in [0.2, 0.25) is 0 Å². The van der Waals surface area contributed by atoms with Gasteiger partial charge in [-0.1, -0.05) is 61.4 Å². The third-order valence-electron chi connectivity index (χ3n) is 8.94. The Morgan fingerprint density at radius 1 is 0.806 bits per heavy atom. The number of piperidine rings is 1. The molecule has 0 spiro atoms. The lowest BCUT2D eigenvalue weighted by Gasteiger charge is -2.42. The Morgan fingerprint density at radius 3 is 2.39 bits per heavy atom. The van der Waals surface area contributed by atoms with Crippen LogP contribution in [0.1, 0.15) is 74.6 Å². The molecule has 5 atom stereocenters. The molecule has 3 heterocycles. The minimum atomic E-state index is -0.136. The van der Waals surface area contributed by atoms with Gasteiger partial charge in [0.1, 0.15) is 0 Å². The first-order valence-electron chi connectivity index (χ1n) is 14.0. The van der Waals surface area contributed by atoms with E-state index in [-0.39, 0.29) is 36.0 Å². The maximum atomic E-state index is 14.2. The summed E-state index contributed by atoms with van der Waals surface area (Å²) in [6.45, 7) is 2.44. The summed E-state index contributed by atoms with van der Waals surface area (Å²) in [5, 5.41) is 7.09. The van der Waals surface area contributed by atoms with E-state index in [9.17, 15) is 9.59 Å². The molecule has 3 amide bonds. The van der Waals surface area contributed by atoms with Gasteiger partial charge >= 0.3 is 6.03 Å². The van der Waals surface area contributed by atoms with Crippen LogP contribution in [0.4, 0.5) is 10.5 Å². The molecule has 4 aliphatic rings. The Labute approximate surface area is 214 Å². The Morgan fingerprint density at radius 2 is 1.56 bits per heavy atom. The van der Waals surface area contributed by atoms with Gasteiger partial charge in [-0.05, 0) is 55.7 Å². The Balaban J connectivity index is 1.25. The second-order valence-electron chi connectivity index (χ2n) is 11.0. The molecule has 6 heteroatoms. The lowest BCUT2D eigenvalue weighted by atomic mass is 9.79. The largest absolute Gasteiger partial charge is 0.378 e. The summed E-state index contributed by atoms with van der Waals surface area (Å²) in [6.07, 6.45) is 8.22. The van der Waals surface area contributed by atoms with Crippen LogP contribution < -0.4 is 10.6 Å². The van der Waals surface area contributed by atoms with E-state index in [4.69, 9.17) is 0 Å². The highest BCUT2D eigenvalue weighted by molar-refractivity contribution is 5.83. The fourth-order valence-electron chi connectivity index (χ4n) is 7.12. The highest BCUT2D eigenvalue weighted by Crippen LogP contribution is 2.51. The summed E-state index contributed by atoms with van der Waals surface area (Å²) >= 11 is 0. The zero-order chi connectivity index (χ0) is 24.5. The second-order valence-corrected chi connectivity index (χ2v) is 11.0. The summed E-state index contributed by atoms with van der Waals surface area (Å²) in [4.78, 5) is 31.4. The molecule has 1 saturated carbocycles. The van der Waals surface area contributed by atoms with Gasteiger partial charge in [0.25, 0.3) is 0 Å². The number of para-hydroxylation sites is 1. The minimum Gasteiger partial charge on any atom is -0.378 e. The number of carbonyl (C=O) groups is 2. The third-order valence-corrected chi connectivity index (χ3v) is 8.94. The van der Waals surface area contributed by atoms with Crippen molar-refractivity contribution in [2.45, 2.75) is 69.5 Å². The molecule has 1 aliphatic carbocycles. The fourth-order valence-corrected chi connectivity index (χ4v) is 7.12. The number of nitrogens with zero attached hydrogens (tertiary/aromatic N) is 2. The van der Waals surface area contributed by atoms with Crippen LogP contribution in [0.3, 0.4) is 0 Å². The molecule has 190 valence electrons. The van der Waals surface area contributed by atoms with Gasteiger partial charge in [0.05, 0.1) is 18.0 Å². The van der Waals surface area contributed by atoms with E-state index in [0.29, 0.717) is 5.92 Å². The molecule has 2 saturated heterocycles. The Bertz CT molecular complexity index is 1080. The van der Waals surface area contributed by atoms with Crippen molar-refractivity contribution in [1.29, 1.82) is 0 Å². The van der Waals surface area contributed by atoms with Crippen molar-refractivity contribution in [2.75, 3.05) is 25.0 Å². The SMILES string of the molecule is O=C(N[C@@H]1CCCC[C@@H]1C(=O)N1CC[C@H]2[C@H](c3ccccc3)Nc3ccccc3[C@@H]21)N1CCCCC1. The van der Waals surface area contributed by atoms with Gasteiger partial charge in [0, 0.05) is 37.3 Å². The lowest BCUT2D eigenvalue weighted by molar-refractivity contribution is -0.138. The molecule has 2 N–H and O–H groups in total. The molecule has 0 aromatic heterocycles. The monoisotopic (exact) mass is 486 g/mol. The Hall–Kier alpha value is -3.02. The van der Waals surface area contributed by atoms with E-state index < -0.39 is 0 Å². The maximum absolute atomic E-state index is 14.2. The molecule has 0 radical (unpaired) electrons. The molecule has 3 fully saturated rings. The van der Waals surface area contributed by atoms with Crippen molar-refractivity contribution >= 4 is 17.6 Å². The number of rotatable bonds is 3. The van der Waals surface area contributed by atoms with Crippen LogP contribution in [0, 0.1) is 11.8 Å². The number of hydrogen-bond acceptors (Lipinski definition) is 3. The standard InChI is InChI=1S/C30H38N4O2/c35-29(23-14-6-8-16-26(23)32-30(36)33-18-9-2-10-19-33)34-20-17-24-27(21-11-3-1-4-12-21)31-25-15-7-5-13-22(25)28(24)34/h1,3-5,7,11-13,15,23-24,26-28,31H,2,6,8-10,14,16-20H2,(H,32,36)/t23-,24-,26+,27-,28-/m0/s1. The maximum Gasteiger partial charge on any atom is 0.317 e. The molecular weight excluding hydrogens is 448 g/mol. The quantitative estimate of drug-likeness (QED) is 0.602. The van der Waals surface area contributed by atoms with Crippen LogP contribution in [0.15, 0.2) is 54.6 Å². The Kier molecular flexibility index (Phi) is 6.60. The van der Waals surface area contributed by atoms with Crippen molar-refractivity contribution in [2.24, 2.45) is 11.8 Å². The zero-order valence-electron chi connectivity index (χ0n) is 21.1. The summed E-state index contributed by atoms with van der Waals surface area (Å²) in [5.41, 5.74) is 3.64. The van der Waals surface area contributed by atoms with E-state index in [0.717, 1.165) is 70.3 Å². The first-order chi connectivity index (χ1) is 17.7. The number of benzene rings is 2. The number of fused-ring (bicyclic) bond motifs is 3. The van der Waals surface area contributed by atoms with Gasteiger partial charge in [-0.25, -0.2) is 4.79 Å². The van der Waals surface area contributed by atoms with Crippen molar-refractivity contribution < 1.29 is 9.59 Å². The molecular formula is C30H38N4O2. The molecule has 3 aliphatic heterocycles. The number of amides is 3. The molecule has 0 bridgehead atoms. The van der Waals surface area contributed by atoms with Crippen molar-refractivity contribution in [3.05, 3.63) is 65.7 Å². The van der Waals surface area contributed by atoms with Crippen LogP contribution in [-0.4, -0.2) is 47.4 Å². The number of urea groups is 1. The summed E-state index contributed by atoms with van der Waals surface area (Å²) in [6, 6.07) is 19.3. The molecule has 2 aromatic rings. The molecule has 6 rings (SSSR count). The first kappa shape index (κ1) is 23.4. The normalized spacial score (nSPS) is 29.6. The van der Waals surface area contributed by atoms with Crippen LogP contribution >= 0.6 is 0 Å². The van der Waals surface area contributed by atoms with E-state index in [1.54, 1.807) is 0 Å².